The molecule has 0 saturated carbocycles. The van der Waals surface area contributed by atoms with Crippen LogP contribution in [0.3, 0.4) is 0 Å². The normalized spacial score (nSPS) is 10.5. The third-order valence-electron chi connectivity index (χ3n) is 1.73. The molecule has 0 unspecified atom stereocenters. The molecule has 0 aromatic rings. The summed E-state index contributed by atoms with van der Waals surface area (Å²) in [6.45, 7) is 5.44. The molecule has 0 aliphatic heterocycles. The van der Waals surface area contributed by atoms with Crippen molar-refractivity contribution < 1.29 is 87.8 Å². The van der Waals surface area contributed by atoms with E-state index in [-0.39, 0.29) is 59.1 Å². The van der Waals surface area contributed by atoms with Crippen LogP contribution in [0.1, 0.15) is 13.8 Å². The van der Waals surface area contributed by atoms with Gasteiger partial charge in [0, 0.05) is 6.16 Å². The molecule has 10 heteroatoms. The van der Waals surface area contributed by atoms with E-state index in [9.17, 15) is 23.9 Å². The average Bonchev–Trinajstić information content (AvgIpc) is 2.14. The van der Waals surface area contributed by atoms with Crippen LogP contribution < -0.4 is 74.2 Å². The van der Waals surface area contributed by atoms with Crippen LogP contribution >= 0.6 is 7.60 Å². The summed E-state index contributed by atoms with van der Waals surface area (Å²) < 4.78 is 14.9. The van der Waals surface area contributed by atoms with E-state index in [2.05, 4.69) is 16.6 Å². The van der Waals surface area contributed by atoms with Crippen molar-refractivity contribution in [3.05, 3.63) is 12.7 Å². The second-order valence-electron chi connectivity index (χ2n) is 3.79. The molecule has 0 aliphatic rings. The average molecular weight is 309 g/mol. The van der Waals surface area contributed by atoms with Crippen LogP contribution in [0.25, 0.3) is 0 Å². The number of amides is 1. The maximum absolute atomic E-state index is 11.4. The maximum Gasteiger partial charge on any atom is 1.00 e. The molecule has 0 saturated heterocycles. The Bertz CT molecular complexity index is 368. The fraction of sp³-hybridized carbons (Fsp3) is 0.556. The molecule has 0 heterocycles. The molecule has 0 bridgehead atoms. The number of nitrogens with one attached hydrogen (secondary N) is 1. The van der Waals surface area contributed by atoms with E-state index in [4.69, 9.17) is 0 Å². The molecule has 19 heavy (non-hydrogen) atoms. The third kappa shape index (κ3) is 12.3. The summed E-state index contributed by atoms with van der Waals surface area (Å²) in [5.74, 6) is -1.40. The molecule has 0 aliphatic carbocycles. The molecule has 1 N–H and O–H groups in total. The molecule has 0 fully saturated rings. The Morgan fingerprint density at radius 1 is 1.37 bits per heavy atom. The number of esters is 1. The minimum Gasteiger partial charge on any atom is -0.811 e. The Hall–Kier alpha value is 0.830. The van der Waals surface area contributed by atoms with Gasteiger partial charge in [0.1, 0.15) is 5.54 Å². The summed E-state index contributed by atoms with van der Waals surface area (Å²) in [5.41, 5.74) is -1.32. The molecule has 98 valence electrons. The Morgan fingerprint density at radius 3 is 2.21 bits per heavy atom. The van der Waals surface area contributed by atoms with Crippen molar-refractivity contribution in [1.82, 2.24) is 5.32 Å². The van der Waals surface area contributed by atoms with Gasteiger partial charge in [0.15, 0.2) is 0 Å². The zero-order valence-corrected chi connectivity index (χ0v) is 16.5. The molecular formula is C9H14NNa2O6P. The first-order valence-electron chi connectivity index (χ1n) is 4.71. The van der Waals surface area contributed by atoms with Gasteiger partial charge in [0.2, 0.25) is 5.91 Å². The van der Waals surface area contributed by atoms with Crippen LogP contribution in [-0.2, 0) is 18.9 Å². The zero-order chi connectivity index (χ0) is 13.7. The topological polar surface area (TPSA) is 119 Å². The van der Waals surface area contributed by atoms with E-state index < -0.39 is 37.8 Å². The third-order valence-corrected chi connectivity index (χ3v) is 2.46. The predicted octanol–water partition coefficient (Wildman–Crippen LogP) is -7.47. The number of rotatable bonds is 6. The van der Waals surface area contributed by atoms with Crippen LogP contribution in [0.4, 0.5) is 0 Å². The van der Waals surface area contributed by atoms with Crippen molar-refractivity contribution in [2.45, 2.75) is 19.4 Å². The largest absolute Gasteiger partial charge is 1.00 e. The summed E-state index contributed by atoms with van der Waals surface area (Å²) >= 11 is 0. The summed E-state index contributed by atoms with van der Waals surface area (Å²) in [6, 6.07) is 0. The zero-order valence-electron chi connectivity index (χ0n) is 11.6. The van der Waals surface area contributed by atoms with E-state index in [0.717, 1.165) is 6.08 Å². The summed E-state index contributed by atoms with van der Waals surface area (Å²) in [5, 5.41) is 2.30. The van der Waals surface area contributed by atoms with Crippen molar-refractivity contribution in [3.8, 4) is 0 Å². The molecule has 0 radical (unpaired) electrons. The molecule has 0 rings (SSSR count). The van der Waals surface area contributed by atoms with Gasteiger partial charge in [-0.15, -0.1) is 0 Å². The van der Waals surface area contributed by atoms with Crippen LogP contribution in [0.2, 0.25) is 0 Å². The Kier molecular flexibility index (Phi) is 13.8. The summed E-state index contributed by atoms with van der Waals surface area (Å²) in [7, 11) is -4.69. The first-order valence-corrected chi connectivity index (χ1v) is 6.44. The minimum absolute atomic E-state index is 0. The van der Waals surface area contributed by atoms with Gasteiger partial charge in [-0.1, -0.05) is 14.2 Å². The van der Waals surface area contributed by atoms with Gasteiger partial charge in [0.25, 0.3) is 0 Å². The Labute approximate surface area is 156 Å². The standard InChI is InChI=1S/C9H16NO6P.2Na/c1-4-7(11)10-9(2,3)8(12)16-5-6-17(13,14)15;;/h4H,1,5-6H2,2-3H3,(H,10,11)(H2,13,14,15);;/q;2*+1/p-2. The van der Waals surface area contributed by atoms with Gasteiger partial charge in [-0.2, -0.15) is 0 Å². The van der Waals surface area contributed by atoms with E-state index in [1.807, 2.05) is 0 Å². The van der Waals surface area contributed by atoms with Gasteiger partial charge >= 0.3 is 65.1 Å². The van der Waals surface area contributed by atoms with Crippen molar-refractivity contribution >= 4 is 19.5 Å². The maximum atomic E-state index is 11.4. The van der Waals surface area contributed by atoms with Gasteiger partial charge in [0.05, 0.1) is 6.61 Å². The van der Waals surface area contributed by atoms with Crippen LogP contribution in [-0.4, -0.2) is 30.2 Å². The second kappa shape index (κ2) is 10.5. The van der Waals surface area contributed by atoms with Crippen molar-refractivity contribution in [1.29, 1.82) is 0 Å². The van der Waals surface area contributed by atoms with Crippen molar-refractivity contribution in [2.75, 3.05) is 12.8 Å². The van der Waals surface area contributed by atoms with Gasteiger partial charge in [-0.05, 0) is 19.9 Å². The molecule has 0 aromatic carbocycles. The molecule has 0 aromatic heterocycles. The van der Waals surface area contributed by atoms with Gasteiger partial charge in [-0.25, -0.2) is 4.79 Å². The molecular weight excluding hydrogens is 295 g/mol. The first-order chi connectivity index (χ1) is 7.58. The van der Waals surface area contributed by atoms with E-state index in [1.54, 1.807) is 0 Å². The number of hydrogen-bond donors (Lipinski definition) is 1. The predicted molar refractivity (Wildman–Crippen MR) is 55.9 cm³/mol. The van der Waals surface area contributed by atoms with E-state index >= 15 is 0 Å². The summed E-state index contributed by atoms with van der Waals surface area (Å²) in [6.07, 6.45) is 0.211. The van der Waals surface area contributed by atoms with Crippen LogP contribution in [0.5, 0.6) is 0 Å². The van der Waals surface area contributed by atoms with Crippen molar-refractivity contribution in [2.24, 2.45) is 0 Å². The number of ether oxygens (including phenoxy) is 1. The monoisotopic (exact) mass is 309 g/mol. The van der Waals surface area contributed by atoms with E-state index in [0.29, 0.717) is 0 Å². The Morgan fingerprint density at radius 2 is 1.84 bits per heavy atom. The SMILES string of the molecule is C=CC(=O)NC(C)(C)C(=O)OCCP(=O)([O-])[O-].[Na+].[Na+]. The Balaban J connectivity index is -0.00000128. The minimum atomic E-state index is -4.69. The molecule has 0 spiro atoms. The fourth-order valence-electron chi connectivity index (χ4n) is 0.841. The van der Waals surface area contributed by atoms with Crippen molar-refractivity contribution in [3.63, 3.8) is 0 Å². The quantitative estimate of drug-likeness (QED) is 0.225. The van der Waals surface area contributed by atoms with Gasteiger partial charge in [-0.3, -0.25) is 4.79 Å². The molecule has 0 atom stereocenters. The second-order valence-corrected chi connectivity index (χ2v) is 5.46. The van der Waals surface area contributed by atoms with E-state index in [1.165, 1.54) is 13.8 Å². The first kappa shape index (κ1) is 24.8. The summed E-state index contributed by atoms with van der Waals surface area (Å²) in [4.78, 5) is 43.0. The number of carbonyl (C=O) groups excluding carboxylic acids is 2. The molecule has 1 amide bonds. The smallest absolute Gasteiger partial charge is 0.811 e. The fourth-order valence-corrected chi connectivity index (χ4v) is 1.16. The van der Waals surface area contributed by atoms with Crippen LogP contribution in [0.15, 0.2) is 12.7 Å². The number of carbonyl (C=O) groups is 2. The number of hydrogen-bond acceptors (Lipinski definition) is 6. The molecule has 7 nitrogen and oxygen atoms in total. The van der Waals surface area contributed by atoms with Gasteiger partial charge < -0.3 is 24.4 Å². The van der Waals surface area contributed by atoms with Crippen LogP contribution in [0, 0.1) is 0 Å².